The maximum atomic E-state index is 11.5. The molecule has 1 atom stereocenters. The molecule has 0 aliphatic carbocycles. The van der Waals surface area contributed by atoms with Crippen molar-refractivity contribution in [1.29, 1.82) is 0 Å². The predicted octanol–water partition coefficient (Wildman–Crippen LogP) is 1.37. The van der Waals surface area contributed by atoms with Crippen LogP contribution in [0.5, 0.6) is 0 Å². The number of ketones is 1. The molecule has 1 aromatic rings. The van der Waals surface area contributed by atoms with Crippen LogP contribution in [0.2, 0.25) is 5.15 Å². The van der Waals surface area contributed by atoms with Crippen LogP contribution in [0.3, 0.4) is 0 Å². The van der Waals surface area contributed by atoms with Crippen LogP contribution in [0.4, 0.5) is 0 Å². The van der Waals surface area contributed by atoms with E-state index in [0.717, 1.165) is 0 Å². The van der Waals surface area contributed by atoms with E-state index in [2.05, 4.69) is 9.97 Å². The Morgan fingerprint density at radius 1 is 1.50 bits per heavy atom. The Bertz CT molecular complexity index is 409. The first kappa shape index (κ1) is 12.6. The highest BCUT2D eigenvalue weighted by atomic mass is 35.5. The molecule has 0 N–H and O–H groups in total. The first-order chi connectivity index (χ1) is 7.56. The number of halogens is 1. The Kier molecular flexibility index (Phi) is 4.37. The Balaban J connectivity index is 3.03. The molecule has 1 rings (SSSR count). The molecular weight excluding hydrogens is 232 g/mol. The molecule has 6 heteroatoms. The zero-order valence-electron chi connectivity index (χ0n) is 8.94. The van der Waals surface area contributed by atoms with E-state index in [4.69, 9.17) is 16.3 Å². The van der Waals surface area contributed by atoms with Gasteiger partial charge in [-0.15, -0.1) is 0 Å². The minimum atomic E-state index is -1.03. The number of ether oxygens (including phenoxy) is 1. The highest BCUT2D eigenvalue weighted by Gasteiger charge is 2.28. The quantitative estimate of drug-likeness (QED) is 0.453. The van der Waals surface area contributed by atoms with Crippen molar-refractivity contribution >= 4 is 23.4 Å². The fourth-order valence-electron chi connectivity index (χ4n) is 1.23. The van der Waals surface area contributed by atoms with Crippen molar-refractivity contribution in [3.05, 3.63) is 23.2 Å². The van der Waals surface area contributed by atoms with Crippen LogP contribution in [-0.2, 0) is 14.3 Å². The molecule has 0 fully saturated rings. The number of esters is 1. The summed E-state index contributed by atoms with van der Waals surface area (Å²) in [6.45, 7) is 3.18. The third-order valence-corrected chi connectivity index (χ3v) is 2.09. The second-order valence-electron chi connectivity index (χ2n) is 3.06. The average Bonchev–Trinajstić information content (AvgIpc) is 2.17. The number of hydrogen-bond donors (Lipinski definition) is 0. The van der Waals surface area contributed by atoms with Gasteiger partial charge in [-0.25, -0.2) is 9.97 Å². The van der Waals surface area contributed by atoms with Gasteiger partial charge in [0.25, 0.3) is 0 Å². The van der Waals surface area contributed by atoms with Crippen LogP contribution in [0.15, 0.2) is 12.4 Å². The van der Waals surface area contributed by atoms with Gasteiger partial charge < -0.3 is 4.74 Å². The fraction of sp³-hybridized carbons (Fsp3) is 0.400. The summed E-state index contributed by atoms with van der Waals surface area (Å²) in [6.07, 6.45) is 1.20. The number of carbonyl (C=O) groups excluding carboxylic acids is 2. The Hall–Kier alpha value is -1.49. The molecule has 0 saturated carbocycles. The highest BCUT2D eigenvalue weighted by molar-refractivity contribution is 6.29. The predicted molar refractivity (Wildman–Crippen MR) is 57.1 cm³/mol. The Morgan fingerprint density at radius 3 is 2.69 bits per heavy atom. The van der Waals surface area contributed by atoms with E-state index in [1.807, 2.05) is 0 Å². The molecule has 0 aliphatic heterocycles. The second kappa shape index (κ2) is 5.55. The molecule has 16 heavy (non-hydrogen) atoms. The molecule has 0 bridgehead atoms. The van der Waals surface area contributed by atoms with Crippen LogP contribution in [0.25, 0.3) is 0 Å². The third-order valence-electron chi connectivity index (χ3n) is 1.88. The highest BCUT2D eigenvalue weighted by Crippen LogP contribution is 2.18. The number of hydrogen-bond acceptors (Lipinski definition) is 5. The van der Waals surface area contributed by atoms with Crippen molar-refractivity contribution in [3.8, 4) is 0 Å². The summed E-state index contributed by atoms with van der Waals surface area (Å²) in [5.74, 6) is -1.99. The van der Waals surface area contributed by atoms with E-state index in [-0.39, 0.29) is 23.2 Å². The topological polar surface area (TPSA) is 69.2 Å². The van der Waals surface area contributed by atoms with Gasteiger partial charge in [0.1, 0.15) is 17.3 Å². The van der Waals surface area contributed by atoms with Crippen LogP contribution in [0, 0.1) is 0 Å². The van der Waals surface area contributed by atoms with Gasteiger partial charge in [0, 0.05) is 0 Å². The first-order valence-electron chi connectivity index (χ1n) is 4.70. The molecule has 0 aliphatic rings. The lowest BCUT2D eigenvalue weighted by molar-refractivity contribution is -0.147. The molecule has 86 valence electrons. The number of nitrogens with zero attached hydrogens (tertiary/aromatic N) is 2. The number of Topliss-reactive ketones (excluding diaryl/α,β-unsaturated/α-hetero) is 1. The van der Waals surface area contributed by atoms with E-state index in [9.17, 15) is 9.59 Å². The number of carbonyl (C=O) groups is 2. The maximum absolute atomic E-state index is 11.5. The second-order valence-corrected chi connectivity index (χ2v) is 3.45. The van der Waals surface area contributed by atoms with Crippen LogP contribution in [0.1, 0.15) is 25.5 Å². The molecule has 1 aromatic heterocycles. The maximum Gasteiger partial charge on any atom is 0.322 e. The molecule has 0 aromatic carbocycles. The van der Waals surface area contributed by atoms with Gasteiger partial charge in [-0.05, 0) is 19.9 Å². The molecule has 1 heterocycles. The monoisotopic (exact) mass is 242 g/mol. The lowest BCUT2D eigenvalue weighted by atomic mass is 10.0. The lowest BCUT2D eigenvalue weighted by Gasteiger charge is -2.11. The first-order valence-corrected chi connectivity index (χ1v) is 5.08. The normalized spacial score (nSPS) is 11.9. The summed E-state index contributed by atoms with van der Waals surface area (Å²) in [5.41, 5.74) is 0.256. The van der Waals surface area contributed by atoms with Crippen molar-refractivity contribution in [2.45, 2.75) is 19.8 Å². The smallest absolute Gasteiger partial charge is 0.322 e. The Morgan fingerprint density at radius 2 is 2.19 bits per heavy atom. The number of aromatic nitrogens is 2. The number of rotatable bonds is 4. The summed E-state index contributed by atoms with van der Waals surface area (Å²) in [4.78, 5) is 30.4. The molecule has 0 unspecified atom stereocenters. The van der Waals surface area contributed by atoms with E-state index in [0.29, 0.717) is 0 Å². The molecule has 5 nitrogen and oxygen atoms in total. The van der Waals surface area contributed by atoms with Gasteiger partial charge in [-0.3, -0.25) is 9.59 Å². The van der Waals surface area contributed by atoms with E-state index < -0.39 is 11.9 Å². The SMILES string of the molecule is CCOC(=O)[C@H](C(C)=O)c1cc(Cl)ncn1. The molecule has 0 spiro atoms. The molecular formula is C10H11ClN2O3. The summed E-state index contributed by atoms with van der Waals surface area (Å²) >= 11 is 5.66. The van der Waals surface area contributed by atoms with Crippen molar-refractivity contribution in [2.75, 3.05) is 6.61 Å². The summed E-state index contributed by atoms with van der Waals surface area (Å²) in [5, 5.41) is 0.181. The average molecular weight is 243 g/mol. The van der Waals surface area contributed by atoms with Crippen molar-refractivity contribution < 1.29 is 14.3 Å². The zero-order chi connectivity index (χ0) is 12.1. The minimum Gasteiger partial charge on any atom is -0.465 e. The zero-order valence-corrected chi connectivity index (χ0v) is 9.69. The van der Waals surface area contributed by atoms with Gasteiger partial charge in [-0.1, -0.05) is 11.6 Å². The lowest BCUT2D eigenvalue weighted by Crippen LogP contribution is -2.23. The van der Waals surface area contributed by atoms with E-state index in [1.54, 1.807) is 6.92 Å². The molecule has 0 saturated heterocycles. The van der Waals surface area contributed by atoms with Crippen LogP contribution in [-0.4, -0.2) is 28.3 Å². The minimum absolute atomic E-state index is 0.181. The van der Waals surface area contributed by atoms with Gasteiger partial charge in [0.05, 0.1) is 12.3 Å². The van der Waals surface area contributed by atoms with Gasteiger partial charge in [-0.2, -0.15) is 0 Å². The molecule has 0 radical (unpaired) electrons. The summed E-state index contributed by atoms with van der Waals surface area (Å²) < 4.78 is 4.80. The van der Waals surface area contributed by atoms with Crippen LogP contribution >= 0.6 is 11.6 Å². The van der Waals surface area contributed by atoms with Crippen LogP contribution < -0.4 is 0 Å². The standard InChI is InChI=1S/C10H11ClN2O3/c1-3-16-10(15)9(6(2)14)7-4-8(11)13-5-12-7/h4-5,9H,3H2,1-2H3/t9-/m1/s1. The fourth-order valence-corrected chi connectivity index (χ4v) is 1.38. The van der Waals surface area contributed by atoms with Gasteiger partial charge >= 0.3 is 5.97 Å². The van der Waals surface area contributed by atoms with Crippen molar-refractivity contribution in [1.82, 2.24) is 9.97 Å². The third kappa shape index (κ3) is 3.00. The van der Waals surface area contributed by atoms with Crippen molar-refractivity contribution in [3.63, 3.8) is 0 Å². The van der Waals surface area contributed by atoms with Gasteiger partial charge in [0.15, 0.2) is 5.92 Å². The van der Waals surface area contributed by atoms with Gasteiger partial charge in [0.2, 0.25) is 0 Å². The van der Waals surface area contributed by atoms with Crippen molar-refractivity contribution in [2.24, 2.45) is 0 Å². The summed E-state index contributed by atoms with van der Waals surface area (Å²) in [6, 6.07) is 1.38. The Labute approximate surface area is 97.8 Å². The van der Waals surface area contributed by atoms with E-state index in [1.165, 1.54) is 19.3 Å². The molecule has 0 amide bonds. The largest absolute Gasteiger partial charge is 0.465 e. The van der Waals surface area contributed by atoms with E-state index >= 15 is 0 Å². The summed E-state index contributed by atoms with van der Waals surface area (Å²) in [7, 11) is 0.